The first-order valence-corrected chi connectivity index (χ1v) is 3.54. The SMILES string of the molecule is [B]Cc1cc(C(=C)C)n(C)n1. The van der Waals surface area contributed by atoms with E-state index in [4.69, 9.17) is 7.85 Å². The molecule has 0 aromatic carbocycles. The second-order valence-corrected chi connectivity index (χ2v) is 2.63. The van der Waals surface area contributed by atoms with Gasteiger partial charge in [-0.1, -0.05) is 6.58 Å². The first-order chi connectivity index (χ1) is 5.15. The minimum Gasteiger partial charge on any atom is -0.268 e. The fourth-order valence-electron chi connectivity index (χ4n) is 1.03. The zero-order chi connectivity index (χ0) is 8.43. The van der Waals surface area contributed by atoms with Crippen molar-refractivity contribution in [2.75, 3.05) is 0 Å². The van der Waals surface area contributed by atoms with Gasteiger partial charge in [0, 0.05) is 7.05 Å². The van der Waals surface area contributed by atoms with Gasteiger partial charge in [-0.15, -0.1) is 0 Å². The number of hydrogen-bond acceptors (Lipinski definition) is 1. The molecule has 56 valence electrons. The third-order valence-corrected chi connectivity index (χ3v) is 1.58. The van der Waals surface area contributed by atoms with Crippen LogP contribution in [0.4, 0.5) is 0 Å². The van der Waals surface area contributed by atoms with Crippen molar-refractivity contribution in [1.82, 2.24) is 9.78 Å². The normalized spacial score (nSPS) is 10.0. The summed E-state index contributed by atoms with van der Waals surface area (Å²) < 4.78 is 1.80. The van der Waals surface area contributed by atoms with Crippen LogP contribution in [0, 0.1) is 0 Å². The van der Waals surface area contributed by atoms with E-state index in [1.165, 1.54) is 0 Å². The summed E-state index contributed by atoms with van der Waals surface area (Å²) in [5.74, 6) is 0. The Kier molecular flexibility index (Phi) is 2.18. The van der Waals surface area contributed by atoms with Crippen LogP contribution >= 0.6 is 0 Å². The van der Waals surface area contributed by atoms with Gasteiger partial charge in [0.15, 0.2) is 0 Å². The largest absolute Gasteiger partial charge is 0.268 e. The van der Waals surface area contributed by atoms with Gasteiger partial charge >= 0.3 is 0 Å². The maximum Gasteiger partial charge on any atom is 0.0738 e. The molecule has 1 aromatic heterocycles. The second kappa shape index (κ2) is 2.95. The lowest BCUT2D eigenvalue weighted by Crippen LogP contribution is -1.95. The second-order valence-electron chi connectivity index (χ2n) is 2.63. The zero-order valence-corrected chi connectivity index (χ0v) is 6.96. The van der Waals surface area contributed by atoms with Gasteiger partial charge < -0.3 is 0 Å². The molecule has 2 radical (unpaired) electrons. The molecule has 0 saturated carbocycles. The third kappa shape index (κ3) is 1.53. The van der Waals surface area contributed by atoms with E-state index in [0.29, 0.717) is 6.32 Å². The molecule has 0 atom stereocenters. The van der Waals surface area contributed by atoms with Crippen LogP contribution in [-0.4, -0.2) is 17.6 Å². The Balaban J connectivity index is 3.07. The first kappa shape index (κ1) is 8.11. The molecule has 11 heavy (non-hydrogen) atoms. The van der Waals surface area contributed by atoms with E-state index in [-0.39, 0.29) is 0 Å². The standard InChI is InChI=1S/C8H11BN2/c1-6(2)8-4-7(5-9)10-11(8)3/h4H,1,5H2,2-3H3. The third-order valence-electron chi connectivity index (χ3n) is 1.58. The molecular formula is C8H11BN2. The van der Waals surface area contributed by atoms with Crippen molar-refractivity contribution in [3.05, 3.63) is 24.0 Å². The number of hydrogen-bond donors (Lipinski definition) is 0. The van der Waals surface area contributed by atoms with Crippen LogP contribution in [0.15, 0.2) is 12.6 Å². The first-order valence-electron chi connectivity index (χ1n) is 3.54. The van der Waals surface area contributed by atoms with Gasteiger partial charge in [-0.3, -0.25) is 4.68 Å². The van der Waals surface area contributed by atoms with E-state index in [9.17, 15) is 0 Å². The molecule has 3 heteroatoms. The quantitative estimate of drug-likeness (QED) is 0.571. The van der Waals surface area contributed by atoms with Crippen molar-refractivity contribution in [2.45, 2.75) is 13.2 Å². The van der Waals surface area contributed by atoms with Crippen molar-refractivity contribution in [3.8, 4) is 0 Å². The Labute approximate surface area is 68.3 Å². The summed E-state index contributed by atoms with van der Waals surface area (Å²) in [5.41, 5.74) is 2.97. The predicted molar refractivity (Wildman–Crippen MR) is 47.4 cm³/mol. The monoisotopic (exact) mass is 146 g/mol. The van der Waals surface area contributed by atoms with Crippen LogP contribution in [-0.2, 0) is 13.4 Å². The number of rotatable bonds is 2. The molecule has 2 nitrogen and oxygen atoms in total. The average molecular weight is 146 g/mol. The fraction of sp³-hybridized carbons (Fsp3) is 0.375. The summed E-state index contributed by atoms with van der Waals surface area (Å²) >= 11 is 0. The van der Waals surface area contributed by atoms with E-state index in [1.54, 1.807) is 4.68 Å². The Morgan fingerprint density at radius 3 is 2.73 bits per heavy atom. The van der Waals surface area contributed by atoms with Crippen molar-refractivity contribution in [1.29, 1.82) is 0 Å². The van der Waals surface area contributed by atoms with Crippen LogP contribution in [0.1, 0.15) is 18.3 Å². The van der Waals surface area contributed by atoms with Crippen LogP contribution in [0.25, 0.3) is 5.57 Å². The van der Waals surface area contributed by atoms with E-state index < -0.39 is 0 Å². The van der Waals surface area contributed by atoms with Gasteiger partial charge in [0.1, 0.15) is 0 Å². The molecule has 0 bridgehead atoms. The smallest absolute Gasteiger partial charge is 0.0738 e. The maximum atomic E-state index is 5.43. The number of aromatic nitrogens is 2. The molecule has 0 saturated heterocycles. The van der Waals surface area contributed by atoms with Gasteiger partial charge in [-0.25, -0.2) is 0 Å². The summed E-state index contributed by atoms with van der Waals surface area (Å²) in [6, 6.07) is 1.96. The lowest BCUT2D eigenvalue weighted by Gasteiger charge is -1.96. The number of aryl methyl sites for hydroxylation is 1. The predicted octanol–water partition coefficient (Wildman–Crippen LogP) is 1.12. The average Bonchev–Trinajstić information content (AvgIpc) is 2.30. The molecule has 0 unspecified atom stereocenters. The highest BCUT2D eigenvalue weighted by molar-refractivity contribution is 6.08. The van der Waals surface area contributed by atoms with Crippen molar-refractivity contribution in [2.24, 2.45) is 7.05 Å². The van der Waals surface area contributed by atoms with Crippen molar-refractivity contribution >= 4 is 13.4 Å². The van der Waals surface area contributed by atoms with Crippen molar-refractivity contribution < 1.29 is 0 Å². The summed E-state index contributed by atoms with van der Waals surface area (Å²) in [7, 11) is 7.32. The molecule has 0 fully saturated rings. The molecule has 1 rings (SSSR count). The van der Waals surface area contributed by atoms with Crippen LogP contribution in [0.3, 0.4) is 0 Å². The van der Waals surface area contributed by atoms with E-state index in [1.807, 2.05) is 20.0 Å². The van der Waals surface area contributed by atoms with Gasteiger partial charge in [0.05, 0.1) is 19.2 Å². The molecule has 1 heterocycles. The highest BCUT2D eigenvalue weighted by Crippen LogP contribution is 2.11. The minimum atomic E-state index is 0.487. The Morgan fingerprint density at radius 1 is 1.82 bits per heavy atom. The van der Waals surface area contributed by atoms with Gasteiger partial charge in [-0.05, 0) is 24.9 Å². The van der Waals surface area contributed by atoms with Gasteiger partial charge in [-0.2, -0.15) is 5.10 Å². The highest BCUT2D eigenvalue weighted by Gasteiger charge is 2.02. The van der Waals surface area contributed by atoms with E-state index in [0.717, 1.165) is 17.0 Å². The molecule has 0 N–H and O–H groups in total. The number of allylic oxidation sites excluding steroid dienone is 1. The molecule has 0 aliphatic carbocycles. The van der Waals surface area contributed by atoms with Gasteiger partial charge in [0.2, 0.25) is 0 Å². The lowest BCUT2D eigenvalue weighted by atomic mass is 10.0. The fourth-order valence-corrected chi connectivity index (χ4v) is 1.03. The summed E-state index contributed by atoms with van der Waals surface area (Å²) in [4.78, 5) is 0. The summed E-state index contributed by atoms with van der Waals surface area (Å²) in [6.45, 7) is 5.79. The van der Waals surface area contributed by atoms with Crippen LogP contribution in [0.5, 0.6) is 0 Å². The van der Waals surface area contributed by atoms with Crippen molar-refractivity contribution in [3.63, 3.8) is 0 Å². The lowest BCUT2D eigenvalue weighted by molar-refractivity contribution is 0.744. The Bertz CT molecular complexity index is 276. The molecule has 0 aliphatic rings. The topological polar surface area (TPSA) is 17.8 Å². The van der Waals surface area contributed by atoms with E-state index >= 15 is 0 Å². The Morgan fingerprint density at radius 2 is 2.45 bits per heavy atom. The number of nitrogens with zero attached hydrogens (tertiary/aromatic N) is 2. The van der Waals surface area contributed by atoms with Crippen LogP contribution < -0.4 is 0 Å². The summed E-state index contributed by atoms with van der Waals surface area (Å²) in [6.07, 6.45) is 0.487. The maximum absolute atomic E-state index is 5.43. The molecule has 0 amide bonds. The molecular weight excluding hydrogens is 135 g/mol. The molecule has 0 spiro atoms. The zero-order valence-electron chi connectivity index (χ0n) is 6.96. The highest BCUT2D eigenvalue weighted by atomic mass is 15.3. The molecule has 1 aromatic rings. The van der Waals surface area contributed by atoms with Gasteiger partial charge in [0.25, 0.3) is 0 Å². The molecule has 0 aliphatic heterocycles. The van der Waals surface area contributed by atoms with E-state index in [2.05, 4.69) is 11.7 Å². The summed E-state index contributed by atoms with van der Waals surface area (Å²) in [5, 5.41) is 4.18. The Hall–Kier alpha value is -0.985. The minimum absolute atomic E-state index is 0.487. The van der Waals surface area contributed by atoms with Crippen LogP contribution in [0.2, 0.25) is 0 Å².